The SMILES string of the molecule is OC(=S)c1ncnn1CC1(c2ccc(F)cc2F)OCCCC1c1ccccc1Cl. The van der Waals surface area contributed by atoms with Gasteiger partial charge in [-0.15, -0.1) is 0 Å². The van der Waals surface area contributed by atoms with Gasteiger partial charge >= 0.3 is 0 Å². The maximum absolute atomic E-state index is 15.1. The van der Waals surface area contributed by atoms with Gasteiger partial charge in [-0.25, -0.2) is 18.4 Å². The molecule has 1 N–H and O–H groups in total. The topological polar surface area (TPSA) is 60.2 Å². The third kappa shape index (κ3) is 3.71. The molecule has 3 aromatic rings. The lowest BCUT2D eigenvalue weighted by molar-refractivity contribution is -0.115. The Morgan fingerprint density at radius 3 is 2.83 bits per heavy atom. The van der Waals surface area contributed by atoms with Crippen molar-refractivity contribution >= 4 is 28.9 Å². The molecule has 0 aliphatic carbocycles. The first-order valence-corrected chi connectivity index (χ1v) is 10.2. The minimum atomic E-state index is -1.27. The number of hydrogen-bond acceptors (Lipinski definition) is 4. The number of rotatable bonds is 5. The van der Waals surface area contributed by atoms with Crippen LogP contribution in [0.4, 0.5) is 8.78 Å². The Labute approximate surface area is 182 Å². The third-order valence-electron chi connectivity index (χ3n) is 5.42. The van der Waals surface area contributed by atoms with Crippen LogP contribution in [-0.2, 0) is 16.9 Å². The molecule has 2 unspecified atom stereocenters. The highest BCUT2D eigenvalue weighted by Crippen LogP contribution is 2.49. The van der Waals surface area contributed by atoms with Crippen molar-refractivity contribution in [2.24, 2.45) is 0 Å². The van der Waals surface area contributed by atoms with Gasteiger partial charge < -0.3 is 9.84 Å². The summed E-state index contributed by atoms with van der Waals surface area (Å²) in [7, 11) is 0. The van der Waals surface area contributed by atoms with Crippen LogP contribution in [-0.4, -0.2) is 31.5 Å². The second kappa shape index (κ2) is 8.37. The highest BCUT2D eigenvalue weighted by Gasteiger charge is 2.48. The van der Waals surface area contributed by atoms with Gasteiger partial charge in [-0.2, -0.15) is 5.10 Å². The highest BCUT2D eigenvalue weighted by atomic mass is 35.5. The first-order valence-electron chi connectivity index (χ1n) is 9.37. The Hall–Kier alpha value is -2.42. The summed E-state index contributed by atoms with van der Waals surface area (Å²) in [5, 5.41) is 14.1. The Morgan fingerprint density at radius 1 is 1.30 bits per heavy atom. The molecule has 5 nitrogen and oxygen atoms in total. The minimum Gasteiger partial charge on any atom is -0.496 e. The molecule has 1 saturated heterocycles. The van der Waals surface area contributed by atoms with Gasteiger partial charge in [-0.1, -0.05) is 35.9 Å². The molecular formula is C21H18ClF2N3O2S. The monoisotopic (exact) mass is 449 g/mol. The van der Waals surface area contributed by atoms with Crippen molar-refractivity contribution in [2.75, 3.05) is 6.61 Å². The van der Waals surface area contributed by atoms with E-state index in [4.69, 9.17) is 28.6 Å². The molecule has 2 aromatic carbocycles. The quantitative estimate of drug-likeness (QED) is 0.559. The first-order chi connectivity index (χ1) is 14.4. The van der Waals surface area contributed by atoms with Crippen LogP contribution < -0.4 is 0 Å². The van der Waals surface area contributed by atoms with Crippen molar-refractivity contribution in [3.63, 3.8) is 0 Å². The van der Waals surface area contributed by atoms with E-state index in [9.17, 15) is 9.50 Å². The molecule has 0 spiro atoms. The van der Waals surface area contributed by atoms with Crippen molar-refractivity contribution in [1.82, 2.24) is 14.8 Å². The van der Waals surface area contributed by atoms with Gasteiger partial charge in [0.25, 0.3) is 0 Å². The van der Waals surface area contributed by atoms with Crippen LogP contribution in [0, 0.1) is 11.6 Å². The maximum atomic E-state index is 15.1. The minimum absolute atomic E-state index is 0.00146. The van der Waals surface area contributed by atoms with Gasteiger partial charge in [-0.3, -0.25) is 0 Å². The summed E-state index contributed by atoms with van der Waals surface area (Å²) >= 11 is 11.4. The lowest BCUT2D eigenvalue weighted by Gasteiger charge is -2.45. The van der Waals surface area contributed by atoms with Gasteiger partial charge in [0.2, 0.25) is 10.9 Å². The van der Waals surface area contributed by atoms with Crippen molar-refractivity contribution in [1.29, 1.82) is 0 Å². The van der Waals surface area contributed by atoms with Crippen LogP contribution in [0.25, 0.3) is 0 Å². The summed E-state index contributed by atoms with van der Waals surface area (Å²) in [6.07, 6.45) is 2.65. The molecule has 1 aliphatic heterocycles. The van der Waals surface area contributed by atoms with E-state index in [0.717, 1.165) is 18.1 Å². The summed E-state index contributed by atoms with van der Waals surface area (Å²) in [4.78, 5) is 3.98. The van der Waals surface area contributed by atoms with Gasteiger partial charge in [0.1, 0.15) is 23.6 Å². The van der Waals surface area contributed by atoms with Crippen LogP contribution in [0.1, 0.15) is 35.7 Å². The fourth-order valence-electron chi connectivity index (χ4n) is 4.15. The van der Waals surface area contributed by atoms with Crippen LogP contribution in [0.15, 0.2) is 48.8 Å². The molecule has 1 aromatic heterocycles. The lowest BCUT2D eigenvalue weighted by Crippen LogP contribution is -2.45. The van der Waals surface area contributed by atoms with Crippen molar-refractivity contribution in [3.8, 4) is 0 Å². The fraction of sp³-hybridized carbons (Fsp3) is 0.286. The molecule has 1 fully saturated rings. The second-order valence-corrected chi connectivity index (χ2v) is 7.92. The Bertz CT molecular complexity index is 1090. The summed E-state index contributed by atoms with van der Waals surface area (Å²) in [6.45, 7) is 0.368. The van der Waals surface area contributed by atoms with E-state index in [0.29, 0.717) is 18.1 Å². The smallest absolute Gasteiger partial charge is 0.227 e. The Kier molecular flexibility index (Phi) is 5.81. The number of aromatic nitrogens is 3. The Morgan fingerprint density at radius 2 is 2.10 bits per heavy atom. The predicted molar refractivity (Wildman–Crippen MR) is 112 cm³/mol. The number of benzene rings is 2. The molecule has 2 atom stereocenters. The molecular weight excluding hydrogens is 432 g/mol. The molecule has 4 rings (SSSR count). The first kappa shape index (κ1) is 20.8. The third-order valence-corrected chi connectivity index (χ3v) is 5.95. The standard InChI is InChI=1S/C21H18ClF2N3O2S/c22-17-6-2-1-4-14(17)15-5-3-9-29-21(15,16-8-7-13(23)10-18(16)24)11-27-19(20(28)30)25-12-26-27/h1-2,4,6-8,10,12,15H,3,5,9,11H2,(H,28,30). The van der Waals surface area contributed by atoms with Gasteiger partial charge in [0.05, 0.1) is 6.54 Å². The number of ether oxygens (including phenoxy) is 1. The summed E-state index contributed by atoms with van der Waals surface area (Å²) in [6, 6.07) is 10.7. The van der Waals surface area contributed by atoms with Gasteiger partial charge in [0.15, 0.2) is 0 Å². The van der Waals surface area contributed by atoms with E-state index < -0.39 is 22.3 Å². The molecule has 2 heterocycles. The molecule has 0 saturated carbocycles. The zero-order valence-electron chi connectivity index (χ0n) is 15.8. The summed E-state index contributed by atoms with van der Waals surface area (Å²) in [5.41, 5.74) is -0.302. The predicted octanol–water partition coefficient (Wildman–Crippen LogP) is 4.93. The number of aliphatic hydroxyl groups excluding tert-OH is 1. The molecule has 9 heteroatoms. The summed E-state index contributed by atoms with van der Waals surface area (Å²) in [5.74, 6) is -1.71. The second-order valence-electron chi connectivity index (χ2n) is 7.12. The maximum Gasteiger partial charge on any atom is 0.227 e. The molecule has 0 amide bonds. The zero-order chi connectivity index (χ0) is 21.3. The van der Waals surface area contributed by atoms with Crippen LogP contribution in [0.5, 0.6) is 0 Å². The van der Waals surface area contributed by atoms with E-state index in [1.54, 1.807) is 6.07 Å². The van der Waals surface area contributed by atoms with E-state index in [1.807, 2.05) is 18.2 Å². The molecule has 30 heavy (non-hydrogen) atoms. The van der Waals surface area contributed by atoms with Crippen molar-refractivity contribution in [3.05, 3.63) is 82.4 Å². The summed E-state index contributed by atoms with van der Waals surface area (Å²) < 4.78 is 36.4. The number of aliphatic hydroxyl groups is 1. The zero-order valence-corrected chi connectivity index (χ0v) is 17.3. The van der Waals surface area contributed by atoms with E-state index in [2.05, 4.69) is 10.1 Å². The largest absolute Gasteiger partial charge is 0.496 e. The normalized spacial score (nSPS) is 21.5. The molecule has 0 bridgehead atoms. The van der Waals surface area contributed by atoms with Gasteiger partial charge in [-0.05, 0) is 42.8 Å². The van der Waals surface area contributed by atoms with Crippen molar-refractivity contribution < 1.29 is 18.6 Å². The number of halogens is 3. The number of nitrogens with zero attached hydrogens (tertiary/aromatic N) is 3. The van der Waals surface area contributed by atoms with E-state index in [-0.39, 0.29) is 23.9 Å². The molecule has 1 aliphatic rings. The van der Waals surface area contributed by atoms with Gasteiger partial charge in [0, 0.05) is 29.2 Å². The van der Waals surface area contributed by atoms with Crippen LogP contribution in [0.3, 0.4) is 0 Å². The molecule has 0 radical (unpaired) electrons. The average Bonchev–Trinajstić information content (AvgIpc) is 3.17. The highest BCUT2D eigenvalue weighted by molar-refractivity contribution is 7.80. The molecule has 156 valence electrons. The number of thiocarbonyl (C=S) groups is 1. The Balaban J connectivity index is 1.93. The average molecular weight is 450 g/mol. The van der Waals surface area contributed by atoms with Crippen LogP contribution >= 0.6 is 23.8 Å². The fourth-order valence-corrected chi connectivity index (χ4v) is 4.57. The van der Waals surface area contributed by atoms with Crippen LogP contribution in [0.2, 0.25) is 5.02 Å². The number of hydrogen-bond donors (Lipinski definition) is 1. The van der Waals surface area contributed by atoms with E-state index >= 15 is 4.39 Å². The van der Waals surface area contributed by atoms with E-state index in [1.165, 1.54) is 23.1 Å². The lowest BCUT2D eigenvalue weighted by atomic mass is 9.73. The van der Waals surface area contributed by atoms with Crippen molar-refractivity contribution in [2.45, 2.75) is 30.9 Å².